The zero-order chi connectivity index (χ0) is 17.6. The van der Waals surface area contributed by atoms with Crippen LogP contribution >= 0.6 is 0 Å². The van der Waals surface area contributed by atoms with Crippen molar-refractivity contribution in [1.29, 1.82) is 0 Å². The lowest BCUT2D eigenvalue weighted by atomic mass is 10.2. The topological polar surface area (TPSA) is 58.4 Å². The molecule has 0 spiro atoms. The van der Waals surface area contributed by atoms with Crippen molar-refractivity contribution in [2.75, 3.05) is 13.2 Å². The van der Waals surface area contributed by atoms with Crippen molar-refractivity contribution in [1.82, 2.24) is 14.7 Å². The highest BCUT2D eigenvalue weighted by atomic mass is 19.1. The average Bonchev–Trinajstić information content (AvgIpc) is 3.12. The molecule has 25 heavy (non-hydrogen) atoms. The molecule has 3 aromatic rings. The molecule has 6 heteroatoms. The van der Waals surface area contributed by atoms with Crippen molar-refractivity contribution in [2.24, 2.45) is 0 Å². The Morgan fingerprint density at radius 2 is 1.92 bits per heavy atom. The lowest BCUT2D eigenvalue weighted by molar-refractivity contribution is 0.0701. The maximum atomic E-state index is 13.3. The summed E-state index contributed by atoms with van der Waals surface area (Å²) < 4.78 is 14.8. The molecular weight excluding hydrogens is 321 g/mol. The van der Waals surface area contributed by atoms with Gasteiger partial charge in [-0.05, 0) is 29.8 Å². The second kappa shape index (κ2) is 7.72. The molecule has 0 aliphatic carbocycles. The molecule has 3 rings (SSSR count). The van der Waals surface area contributed by atoms with E-state index in [1.807, 2.05) is 30.3 Å². The summed E-state index contributed by atoms with van der Waals surface area (Å²) >= 11 is 0. The summed E-state index contributed by atoms with van der Waals surface area (Å²) in [6.07, 6.45) is 1.61. The third kappa shape index (κ3) is 4.10. The first-order chi connectivity index (χ1) is 12.2. The number of hydrogen-bond acceptors (Lipinski definition) is 3. The average molecular weight is 339 g/mol. The Labute approximate surface area is 144 Å². The van der Waals surface area contributed by atoms with Gasteiger partial charge in [-0.2, -0.15) is 5.10 Å². The number of amides is 1. The number of rotatable bonds is 6. The fourth-order valence-electron chi connectivity index (χ4n) is 2.54. The monoisotopic (exact) mass is 339 g/mol. The van der Waals surface area contributed by atoms with Gasteiger partial charge in [0.25, 0.3) is 5.91 Å². The van der Waals surface area contributed by atoms with Crippen LogP contribution in [0.15, 0.2) is 66.9 Å². The van der Waals surface area contributed by atoms with Gasteiger partial charge in [-0.1, -0.05) is 36.4 Å². The van der Waals surface area contributed by atoms with E-state index in [4.69, 9.17) is 0 Å². The standard InChI is InChI=1S/C19H18FN3O2/c20-16-7-4-8-17(13-16)23-10-9-18(21-23)19(25)22(11-12-24)14-15-5-2-1-3-6-15/h1-10,13,24H,11-12,14H2. The molecule has 0 aliphatic heterocycles. The summed E-state index contributed by atoms with van der Waals surface area (Å²) in [6.45, 7) is 0.455. The minimum Gasteiger partial charge on any atom is -0.395 e. The van der Waals surface area contributed by atoms with E-state index in [9.17, 15) is 14.3 Å². The van der Waals surface area contributed by atoms with Crippen molar-refractivity contribution >= 4 is 5.91 Å². The molecule has 1 N–H and O–H groups in total. The number of nitrogens with zero attached hydrogens (tertiary/aromatic N) is 3. The molecule has 0 aliphatic rings. The highest BCUT2D eigenvalue weighted by Gasteiger charge is 2.18. The van der Waals surface area contributed by atoms with E-state index in [1.54, 1.807) is 24.4 Å². The number of halogens is 1. The second-order valence-electron chi connectivity index (χ2n) is 5.56. The molecule has 2 aromatic carbocycles. The summed E-state index contributed by atoms with van der Waals surface area (Å²) in [5, 5.41) is 13.5. The van der Waals surface area contributed by atoms with Crippen molar-refractivity contribution in [3.05, 3.63) is 83.9 Å². The molecule has 0 radical (unpaired) electrons. The first kappa shape index (κ1) is 16.9. The Bertz CT molecular complexity index is 849. The number of benzene rings is 2. The number of aromatic nitrogens is 2. The van der Waals surface area contributed by atoms with Gasteiger partial charge >= 0.3 is 0 Å². The SMILES string of the molecule is O=C(c1ccn(-c2cccc(F)c2)n1)N(CCO)Cc1ccccc1. The van der Waals surface area contributed by atoms with Gasteiger partial charge in [-0.15, -0.1) is 0 Å². The van der Waals surface area contributed by atoms with Crippen LogP contribution in [0.3, 0.4) is 0 Å². The van der Waals surface area contributed by atoms with Crippen LogP contribution in [0.25, 0.3) is 5.69 Å². The Morgan fingerprint density at radius 3 is 2.64 bits per heavy atom. The lowest BCUT2D eigenvalue weighted by Crippen LogP contribution is -2.33. The van der Waals surface area contributed by atoms with Crippen LogP contribution in [-0.4, -0.2) is 38.8 Å². The first-order valence-corrected chi connectivity index (χ1v) is 7.93. The Balaban J connectivity index is 1.80. The van der Waals surface area contributed by atoms with Crippen LogP contribution in [-0.2, 0) is 6.54 Å². The second-order valence-corrected chi connectivity index (χ2v) is 5.56. The van der Waals surface area contributed by atoms with Crippen molar-refractivity contribution in [3.63, 3.8) is 0 Å². The summed E-state index contributed by atoms with van der Waals surface area (Å²) in [7, 11) is 0. The molecule has 0 atom stereocenters. The van der Waals surface area contributed by atoms with Gasteiger partial charge in [0.2, 0.25) is 0 Å². The van der Waals surface area contributed by atoms with Gasteiger partial charge in [-0.25, -0.2) is 9.07 Å². The van der Waals surface area contributed by atoms with Crippen LogP contribution in [0.1, 0.15) is 16.1 Å². The smallest absolute Gasteiger partial charge is 0.274 e. The maximum Gasteiger partial charge on any atom is 0.274 e. The Kier molecular flexibility index (Phi) is 5.20. The molecule has 0 bridgehead atoms. The summed E-state index contributed by atoms with van der Waals surface area (Å²) in [5.74, 6) is -0.653. The Morgan fingerprint density at radius 1 is 1.12 bits per heavy atom. The number of aliphatic hydroxyl groups is 1. The van der Waals surface area contributed by atoms with Crippen LogP contribution in [0.5, 0.6) is 0 Å². The molecule has 5 nitrogen and oxygen atoms in total. The summed E-state index contributed by atoms with van der Waals surface area (Å²) in [6, 6.07) is 17.1. The van der Waals surface area contributed by atoms with Gasteiger partial charge in [0.05, 0.1) is 12.3 Å². The van der Waals surface area contributed by atoms with Crippen molar-refractivity contribution < 1.29 is 14.3 Å². The van der Waals surface area contributed by atoms with Crippen LogP contribution in [0.2, 0.25) is 0 Å². The van der Waals surface area contributed by atoms with E-state index >= 15 is 0 Å². The van der Waals surface area contributed by atoms with Gasteiger partial charge in [-0.3, -0.25) is 4.79 Å². The molecular formula is C19H18FN3O2. The third-order valence-electron chi connectivity index (χ3n) is 3.75. The predicted molar refractivity (Wildman–Crippen MR) is 91.8 cm³/mol. The molecule has 0 fully saturated rings. The van der Waals surface area contributed by atoms with Gasteiger partial charge in [0, 0.05) is 19.3 Å². The van der Waals surface area contributed by atoms with E-state index in [1.165, 1.54) is 21.7 Å². The molecule has 1 aromatic heterocycles. The van der Waals surface area contributed by atoms with Crippen LogP contribution in [0, 0.1) is 5.82 Å². The fraction of sp³-hybridized carbons (Fsp3) is 0.158. The van der Waals surface area contributed by atoms with E-state index in [0.717, 1.165) is 5.56 Å². The minimum atomic E-state index is -0.369. The Hall–Kier alpha value is -2.99. The van der Waals surface area contributed by atoms with Gasteiger partial charge in [0.1, 0.15) is 5.82 Å². The zero-order valence-electron chi connectivity index (χ0n) is 13.5. The van der Waals surface area contributed by atoms with Crippen LogP contribution < -0.4 is 0 Å². The number of carbonyl (C=O) groups is 1. The van der Waals surface area contributed by atoms with Crippen molar-refractivity contribution in [3.8, 4) is 5.69 Å². The van der Waals surface area contributed by atoms with E-state index < -0.39 is 0 Å². The lowest BCUT2D eigenvalue weighted by Gasteiger charge is -2.20. The molecule has 0 unspecified atom stereocenters. The quantitative estimate of drug-likeness (QED) is 0.751. The van der Waals surface area contributed by atoms with E-state index in [-0.39, 0.29) is 30.6 Å². The summed E-state index contributed by atoms with van der Waals surface area (Å²) in [5.41, 5.74) is 1.75. The van der Waals surface area contributed by atoms with E-state index in [2.05, 4.69) is 5.10 Å². The minimum absolute atomic E-state index is 0.136. The third-order valence-corrected chi connectivity index (χ3v) is 3.75. The number of aliphatic hydroxyl groups excluding tert-OH is 1. The highest BCUT2D eigenvalue weighted by Crippen LogP contribution is 2.12. The first-order valence-electron chi connectivity index (χ1n) is 7.93. The number of hydrogen-bond donors (Lipinski definition) is 1. The zero-order valence-corrected chi connectivity index (χ0v) is 13.5. The van der Waals surface area contributed by atoms with Gasteiger partial charge in [0.15, 0.2) is 5.69 Å². The fourth-order valence-corrected chi connectivity index (χ4v) is 2.54. The molecule has 0 saturated heterocycles. The van der Waals surface area contributed by atoms with Gasteiger partial charge < -0.3 is 10.0 Å². The molecule has 128 valence electrons. The highest BCUT2D eigenvalue weighted by molar-refractivity contribution is 5.92. The maximum absolute atomic E-state index is 13.3. The largest absolute Gasteiger partial charge is 0.395 e. The van der Waals surface area contributed by atoms with Crippen LogP contribution in [0.4, 0.5) is 4.39 Å². The molecule has 1 amide bonds. The van der Waals surface area contributed by atoms with E-state index in [0.29, 0.717) is 12.2 Å². The normalized spacial score (nSPS) is 10.6. The molecule has 0 saturated carbocycles. The number of carbonyl (C=O) groups excluding carboxylic acids is 1. The molecule has 1 heterocycles. The van der Waals surface area contributed by atoms with Crippen molar-refractivity contribution in [2.45, 2.75) is 6.54 Å². The summed E-state index contributed by atoms with van der Waals surface area (Å²) in [4.78, 5) is 14.3. The predicted octanol–water partition coefficient (Wildman–Crippen LogP) is 2.65.